The maximum atomic E-state index is 11.9. The van der Waals surface area contributed by atoms with Crippen LogP contribution in [0, 0.1) is 6.92 Å². The summed E-state index contributed by atoms with van der Waals surface area (Å²) in [4.78, 5) is 11.9. The molecular formula is C15H13BrN2O2. The Kier molecular flexibility index (Phi) is 4.53. The Hall–Kier alpha value is -2.14. The highest BCUT2D eigenvalue weighted by Gasteiger charge is 2.05. The lowest BCUT2D eigenvalue weighted by molar-refractivity contribution is 0.0955. The summed E-state index contributed by atoms with van der Waals surface area (Å²) in [7, 11) is 0. The molecule has 2 rings (SSSR count). The zero-order valence-corrected chi connectivity index (χ0v) is 12.4. The molecule has 5 heteroatoms. The zero-order chi connectivity index (χ0) is 14.5. The number of carbonyl (C=O) groups excluding carboxylic acids is 1. The molecule has 0 aromatic heterocycles. The van der Waals surface area contributed by atoms with E-state index >= 15 is 0 Å². The lowest BCUT2D eigenvalue weighted by atomic mass is 10.1. The van der Waals surface area contributed by atoms with Gasteiger partial charge in [0.1, 0.15) is 5.75 Å². The van der Waals surface area contributed by atoms with Gasteiger partial charge in [0.2, 0.25) is 0 Å². The van der Waals surface area contributed by atoms with Crippen LogP contribution < -0.4 is 5.43 Å². The number of nitrogens with one attached hydrogen (secondary N) is 1. The molecule has 0 atom stereocenters. The minimum atomic E-state index is -0.308. The number of hydrazone groups is 1. The van der Waals surface area contributed by atoms with Gasteiger partial charge in [-0.25, -0.2) is 5.43 Å². The second-order valence-electron chi connectivity index (χ2n) is 4.22. The molecule has 4 nitrogen and oxygen atoms in total. The molecule has 0 radical (unpaired) electrons. The third-order valence-electron chi connectivity index (χ3n) is 2.74. The van der Waals surface area contributed by atoms with Gasteiger partial charge in [-0.1, -0.05) is 34.1 Å². The summed E-state index contributed by atoms with van der Waals surface area (Å²) in [5.74, 6) is -0.194. The Morgan fingerprint density at radius 1 is 1.30 bits per heavy atom. The van der Waals surface area contributed by atoms with Gasteiger partial charge >= 0.3 is 0 Å². The van der Waals surface area contributed by atoms with Crippen molar-refractivity contribution in [3.8, 4) is 5.75 Å². The number of phenols is 1. The van der Waals surface area contributed by atoms with E-state index in [9.17, 15) is 9.90 Å². The minimum Gasteiger partial charge on any atom is -0.507 e. The monoisotopic (exact) mass is 332 g/mol. The minimum absolute atomic E-state index is 0.114. The normalized spacial score (nSPS) is 10.7. The highest BCUT2D eigenvalue weighted by molar-refractivity contribution is 9.10. The number of nitrogens with zero attached hydrogens (tertiary/aromatic N) is 1. The summed E-state index contributed by atoms with van der Waals surface area (Å²) in [6.07, 6.45) is 1.40. The molecule has 20 heavy (non-hydrogen) atoms. The Bertz CT molecular complexity index is 669. The van der Waals surface area contributed by atoms with Crippen LogP contribution in [0.4, 0.5) is 0 Å². The summed E-state index contributed by atoms with van der Waals surface area (Å²) in [5.41, 5.74) is 4.53. The lowest BCUT2D eigenvalue weighted by Gasteiger charge is -2.03. The van der Waals surface area contributed by atoms with Crippen LogP contribution in [0.25, 0.3) is 0 Å². The molecule has 0 heterocycles. The number of rotatable bonds is 3. The molecule has 0 bridgehead atoms. The second-order valence-corrected chi connectivity index (χ2v) is 5.08. The van der Waals surface area contributed by atoms with Crippen molar-refractivity contribution in [2.75, 3.05) is 0 Å². The van der Waals surface area contributed by atoms with E-state index in [0.29, 0.717) is 11.1 Å². The number of carbonyl (C=O) groups is 1. The predicted octanol–water partition coefficient (Wildman–Crippen LogP) is 3.23. The van der Waals surface area contributed by atoms with E-state index in [0.717, 1.165) is 10.0 Å². The topological polar surface area (TPSA) is 61.7 Å². The molecule has 0 saturated carbocycles. The maximum absolute atomic E-state index is 11.9. The molecule has 0 spiro atoms. The standard InChI is InChI=1S/C15H13BrN2O2/c1-10-6-7-11(8-13(10)16)15(20)18-17-9-12-4-2-3-5-14(12)19/h2-9,19H,1H3,(H,18,20)/b17-9+. The molecule has 0 saturated heterocycles. The van der Waals surface area contributed by atoms with Crippen molar-refractivity contribution in [1.82, 2.24) is 5.43 Å². The van der Waals surface area contributed by atoms with E-state index in [1.54, 1.807) is 36.4 Å². The number of para-hydroxylation sites is 1. The average molecular weight is 333 g/mol. The predicted molar refractivity (Wildman–Crippen MR) is 82.0 cm³/mol. The van der Waals surface area contributed by atoms with Crippen molar-refractivity contribution in [3.63, 3.8) is 0 Å². The van der Waals surface area contributed by atoms with Crippen LogP contribution in [0.1, 0.15) is 21.5 Å². The van der Waals surface area contributed by atoms with Gasteiger partial charge in [0.15, 0.2) is 0 Å². The lowest BCUT2D eigenvalue weighted by Crippen LogP contribution is -2.17. The molecule has 2 aromatic rings. The number of aryl methyl sites for hydroxylation is 1. The van der Waals surface area contributed by atoms with Crippen molar-refractivity contribution in [1.29, 1.82) is 0 Å². The Morgan fingerprint density at radius 2 is 2.05 bits per heavy atom. The summed E-state index contributed by atoms with van der Waals surface area (Å²) < 4.78 is 0.870. The molecule has 2 aromatic carbocycles. The summed E-state index contributed by atoms with van der Waals surface area (Å²) >= 11 is 3.38. The smallest absolute Gasteiger partial charge is 0.271 e. The van der Waals surface area contributed by atoms with Crippen LogP contribution in [0.5, 0.6) is 5.75 Å². The number of hydrogen-bond donors (Lipinski definition) is 2. The summed E-state index contributed by atoms with van der Waals surface area (Å²) in [6.45, 7) is 1.95. The molecule has 0 unspecified atom stereocenters. The van der Waals surface area contributed by atoms with Crippen LogP contribution >= 0.6 is 15.9 Å². The molecule has 1 amide bonds. The SMILES string of the molecule is Cc1ccc(C(=O)N/N=C/c2ccccc2O)cc1Br. The summed E-state index contributed by atoms with van der Waals surface area (Å²) in [6, 6.07) is 12.1. The molecule has 102 valence electrons. The molecular weight excluding hydrogens is 320 g/mol. The van der Waals surface area contributed by atoms with Gasteiger partial charge in [-0.2, -0.15) is 5.10 Å². The summed E-state index contributed by atoms with van der Waals surface area (Å²) in [5, 5.41) is 13.4. The van der Waals surface area contributed by atoms with Crippen LogP contribution in [0.2, 0.25) is 0 Å². The van der Waals surface area contributed by atoms with Gasteiger partial charge in [-0.3, -0.25) is 4.79 Å². The first-order valence-corrected chi connectivity index (χ1v) is 6.75. The van der Waals surface area contributed by atoms with Gasteiger partial charge < -0.3 is 5.11 Å². The Morgan fingerprint density at radius 3 is 2.75 bits per heavy atom. The Labute approximate surface area is 125 Å². The van der Waals surface area contributed by atoms with Crippen LogP contribution in [-0.2, 0) is 0 Å². The van der Waals surface area contributed by atoms with Crippen LogP contribution in [0.15, 0.2) is 52.0 Å². The Balaban J connectivity index is 2.05. The van der Waals surface area contributed by atoms with E-state index < -0.39 is 0 Å². The van der Waals surface area contributed by atoms with E-state index in [-0.39, 0.29) is 11.7 Å². The number of phenolic OH excluding ortho intramolecular Hbond substituents is 1. The molecule has 2 N–H and O–H groups in total. The first-order chi connectivity index (χ1) is 9.58. The van der Waals surface area contributed by atoms with E-state index in [1.165, 1.54) is 6.21 Å². The largest absolute Gasteiger partial charge is 0.507 e. The van der Waals surface area contributed by atoms with Gasteiger partial charge in [-0.05, 0) is 36.8 Å². The maximum Gasteiger partial charge on any atom is 0.271 e. The van der Waals surface area contributed by atoms with Crippen molar-refractivity contribution in [2.45, 2.75) is 6.92 Å². The van der Waals surface area contributed by atoms with Gasteiger partial charge in [0, 0.05) is 15.6 Å². The highest BCUT2D eigenvalue weighted by Crippen LogP contribution is 2.17. The quantitative estimate of drug-likeness (QED) is 0.669. The number of benzene rings is 2. The fourth-order valence-electron chi connectivity index (χ4n) is 1.56. The third-order valence-corrected chi connectivity index (χ3v) is 3.59. The number of halogens is 1. The molecule has 0 aliphatic heterocycles. The molecule has 0 fully saturated rings. The van der Waals surface area contributed by atoms with Gasteiger partial charge in [0.05, 0.1) is 6.21 Å². The van der Waals surface area contributed by atoms with Crippen molar-refractivity contribution in [3.05, 3.63) is 63.6 Å². The van der Waals surface area contributed by atoms with Crippen LogP contribution in [-0.4, -0.2) is 17.2 Å². The van der Waals surface area contributed by atoms with Crippen molar-refractivity contribution in [2.24, 2.45) is 5.10 Å². The zero-order valence-electron chi connectivity index (χ0n) is 10.8. The van der Waals surface area contributed by atoms with Crippen molar-refractivity contribution < 1.29 is 9.90 Å². The van der Waals surface area contributed by atoms with E-state index in [2.05, 4.69) is 26.5 Å². The average Bonchev–Trinajstić information content (AvgIpc) is 2.44. The fourth-order valence-corrected chi connectivity index (χ4v) is 1.93. The number of hydrogen-bond acceptors (Lipinski definition) is 3. The van der Waals surface area contributed by atoms with Gasteiger partial charge in [0.25, 0.3) is 5.91 Å². The van der Waals surface area contributed by atoms with E-state index in [1.807, 2.05) is 13.0 Å². The fraction of sp³-hybridized carbons (Fsp3) is 0.0667. The number of aromatic hydroxyl groups is 1. The van der Waals surface area contributed by atoms with Crippen LogP contribution in [0.3, 0.4) is 0 Å². The molecule has 0 aliphatic carbocycles. The molecule has 0 aliphatic rings. The number of amides is 1. The van der Waals surface area contributed by atoms with E-state index in [4.69, 9.17) is 0 Å². The first-order valence-electron chi connectivity index (χ1n) is 5.95. The van der Waals surface area contributed by atoms with Crippen molar-refractivity contribution >= 4 is 28.1 Å². The first kappa shape index (κ1) is 14.3. The highest BCUT2D eigenvalue weighted by atomic mass is 79.9. The van der Waals surface area contributed by atoms with Gasteiger partial charge in [-0.15, -0.1) is 0 Å². The second kappa shape index (κ2) is 6.34. The third kappa shape index (κ3) is 3.45.